The van der Waals surface area contributed by atoms with Gasteiger partial charge in [-0.2, -0.15) is 0 Å². The molecule has 0 spiro atoms. The average Bonchev–Trinajstić information content (AvgIpc) is 2.97. The van der Waals surface area contributed by atoms with E-state index < -0.39 is 13.0 Å². The predicted molar refractivity (Wildman–Crippen MR) is 85.5 cm³/mol. The largest absolute Gasteiger partial charge is 0.487 e. The number of hydrogen-bond acceptors (Lipinski definition) is 5. The van der Waals surface area contributed by atoms with Crippen molar-refractivity contribution in [1.82, 2.24) is 4.98 Å². The summed E-state index contributed by atoms with van der Waals surface area (Å²) in [5.74, 6) is -0.0571. The second-order valence-corrected chi connectivity index (χ2v) is 5.74. The lowest BCUT2D eigenvalue weighted by atomic mass is 10.2. The fourth-order valence-electron chi connectivity index (χ4n) is 1.83. The van der Waals surface area contributed by atoms with Gasteiger partial charge in [-0.15, -0.1) is 11.3 Å². The number of nitrogens with two attached hydrogens (primary N) is 1. The summed E-state index contributed by atoms with van der Waals surface area (Å²) in [5, 5.41) is 5.12. The number of thiazole rings is 1. The van der Waals surface area contributed by atoms with Crippen LogP contribution in [-0.2, 0) is 6.42 Å². The van der Waals surface area contributed by atoms with Gasteiger partial charge in [-0.25, -0.2) is 13.8 Å². The summed E-state index contributed by atoms with van der Waals surface area (Å²) in [6, 6.07) is 4.88. The zero-order valence-corrected chi connectivity index (χ0v) is 13.3. The maximum atomic E-state index is 12.2. The summed E-state index contributed by atoms with van der Waals surface area (Å²) in [5.41, 5.74) is 6.92. The molecule has 1 aromatic heterocycles. The van der Waals surface area contributed by atoms with E-state index in [0.717, 1.165) is 5.01 Å². The van der Waals surface area contributed by atoms with Crippen LogP contribution in [0, 0.1) is 6.92 Å². The lowest BCUT2D eigenvalue weighted by molar-refractivity contribution is 0.0815. The van der Waals surface area contributed by atoms with E-state index in [2.05, 4.69) is 10.3 Å². The van der Waals surface area contributed by atoms with Crippen LogP contribution in [0.2, 0.25) is 0 Å². The van der Waals surface area contributed by atoms with E-state index in [4.69, 9.17) is 10.5 Å². The van der Waals surface area contributed by atoms with E-state index in [1.54, 1.807) is 24.4 Å². The van der Waals surface area contributed by atoms with Crippen molar-refractivity contribution in [2.24, 2.45) is 5.73 Å². The summed E-state index contributed by atoms with van der Waals surface area (Å²) < 4.78 is 29.5. The van der Waals surface area contributed by atoms with E-state index in [1.165, 1.54) is 17.4 Å². The molecule has 3 N–H and O–H groups in total. The first-order chi connectivity index (χ1) is 11.0. The number of ether oxygens (including phenoxy) is 1. The minimum Gasteiger partial charge on any atom is -0.487 e. The van der Waals surface area contributed by atoms with Crippen molar-refractivity contribution in [1.29, 1.82) is 0 Å². The highest BCUT2D eigenvalue weighted by molar-refractivity contribution is 7.09. The number of rotatable bonds is 7. The van der Waals surface area contributed by atoms with E-state index >= 15 is 0 Å². The normalized spacial score (nSPS) is 10.8. The topological polar surface area (TPSA) is 77.2 Å². The Hall–Kier alpha value is -2.06. The molecule has 0 aliphatic heterocycles. The van der Waals surface area contributed by atoms with Gasteiger partial charge >= 0.3 is 0 Å². The maximum Gasteiger partial charge on any atom is 0.275 e. The molecule has 0 radical (unpaired) electrons. The van der Waals surface area contributed by atoms with Crippen molar-refractivity contribution in [2.75, 3.05) is 18.5 Å². The third kappa shape index (κ3) is 4.97. The molecule has 1 heterocycles. The monoisotopic (exact) mass is 341 g/mol. The Balaban J connectivity index is 2.06. The molecule has 0 aliphatic rings. The Labute approximate surface area is 136 Å². The molecule has 0 saturated carbocycles. The Morgan fingerprint density at radius 3 is 2.96 bits per heavy atom. The van der Waals surface area contributed by atoms with Gasteiger partial charge in [0, 0.05) is 23.6 Å². The Bertz CT molecular complexity index is 676. The lowest BCUT2D eigenvalue weighted by Crippen LogP contribution is -2.13. The second kappa shape index (κ2) is 7.98. The van der Waals surface area contributed by atoms with Gasteiger partial charge in [-0.05, 0) is 25.1 Å². The first kappa shape index (κ1) is 17.3. The Morgan fingerprint density at radius 2 is 2.26 bits per heavy atom. The van der Waals surface area contributed by atoms with Crippen LogP contribution in [0.15, 0.2) is 23.6 Å². The average molecular weight is 341 g/mol. The predicted octanol–water partition coefficient (Wildman–Crippen LogP) is 2.85. The van der Waals surface area contributed by atoms with Gasteiger partial charge in [0.1, 0.15) is 18.1 Å². The maximum absolute atomic E-state index is 12.2. The lowest BCUT2D eigenvalue weighted by Gasteiger charge is -2.11. The third-order valence-electron chi connectivity index (χ3n) is 2.95. The Kier molecular flexibility index (Phi) is 6.00. The third-order valence-corrected chi connectivity index (χ3v) is 3.86. The van der Waals surface area contributed by atoms with Crippen LogP contribution in [0.4, 0.5) is 14.5 Å². The van der Waals surface area contributed by atoms with Crippen molar-refractivity contribution >= 4 is 22.9 Å². The number of nitrogens with one attached hydrogen (secondary N) is 1. The summed E-state index contributed by atoms with van der Waals surface area (Å²) in [4.78, 5) is 16.3. The van der Waals surface area contributed by atoms with Crippen LogP contribution in [0.1, 0.15) is 21.1 Å². The molecule has 124 valence electrons. The number of carbonyl (C=O) groups excluding carboxylic acids is 1. The van der Waals surface area contributed by atoms with E-state index in [1.807, 2.05) is 0 Å². The number of alkyl halides is 2. The quantitative estimate of drug-likeness (QED) is 0.812. The number of anilines is 1. The summed E-state index contributed by atoms with van der Waals surface area (Å²) >= 11 is 1.37. The standard InChI is InChI=1S/C15H17F2N3O2S/c1-9-2-3-10(6-12(9)22-7-13(16)17)19-15(21)11-8-23-14(20-11)4-5-18/h2-3,6,8,13H,4-5,7,18H2,1H3,(H,19,21). The molecular weight excluding hydrogens is 324 g/mol. The van der Waals surface area contributed by atoms with Crippen molar-refractivity contribution in [3.8, 4) is 5.75 Å². The molecular formula is C15H17F2N3O2S. The first-order valence-corrected chi connectivity index (χ1v) is 7.85. The molecule has 1 aromatic carbocycles. The number of benzene rings is 1. The number of aromatic nitrogens is 1. The number of hydrogen-bond donors (Lipinski definition) is 2. The smallest absolute Gasteiger partial charge is 0.275 e. The van der Waals surface area contributed by atoms with Crippen LogP contribution >= 0.6 is 11.3 Å². The van der Waals surface area contributed by atoms with Gasteiger partial charge in [0.25, 0.3) is 12.3 Å². The van der Waals surface area contributed by atoms with Gasteiger partial charge < -0.3 is 15.8 Å². The fourth-order valence-corrected chi connectivity index (χ4v) is 2.63. The molecule has 0 aliphatic carbocycles. The molecule has 5 nitrogen and oxygen atoms in total. The van der Waals surface area contributed by atoms with Crippen molar-refractivity contribution in [3.63, 3.8) is 0 Å². The zero-order chi connectivity index (χ0) is 16.8. The van der Waals surface area contributed by atoms with Gasteiger partial charge in [0.15, 0.2) is 0 Å². The number of nitrogens with zero attached hydrogens (tertiary/aromatic N) is 1. The highest BCUT2D eigenvalue weighted by atomic mass is 32.1. The molecule has 0 fully saturated rings. The Morgan fingerprint density at radius 1 is 1.48 bits per heavy atom. The van der Waals surface area contributed by atoms with Gasteiger partial charge in [0.05, 0.1) is 5.01 Å². The zero-order valence-electron chi connectivity index (χ0n) is 12.5. The minimum atomic E-state index is -2.55. The van der Waals surface area contributed by atoms with Crippen LogP contribution in [0.5, 0.6) is 5.75 Å². The number of carbonyl (C=O) groups is 1. The number of aryl methyl sites for hydroxylation is 1. The highest BCUT2D eigenvalue weighted by Gasteiger charge is 2.12. The molecule has 0 atom stereocenters. The van der Waals surface area contributed by atoms with E-state index in [0.29, 0.717) is 35.7 Å². The van der Waals surface area contributed by atoms with Crippen LogP contribution < -0.4 is 15.8 Å². The molecule has 0 unspecified atom stereocenters. The molecule has 23 heavy (non-hydrogen) atoms. The van der Waals surface area contributed by atoms with Crippen LogP contribution in [0.25, 0.3) is 0 Å². The first-order valence-electron chi connectivity index (χ1n) is 6.97. The van der Waals surface area contributed by atoms with Gasteiger partial charge in [-0.1, -0.05) is 6.07 Å². The fraction of sp³-hybridized carbons (Fsp3) is 0.333. The van der Waals surface area contributed by atoms with Crippen molar-refractivity contribution in [3.05, 3.63) is 39.8 Å². The van der Waals surface area contributed by atoms with Crippen LogP contribution in [-0.4, -0.2) is 30.5 Å². The van der Waals surface area contributed by atoms with Crippen LogP contribution in [0.3, 0.4) is 0 Å². The molecule has 2 aromatic rings. The molecule has 2 rings (SSSR count). The summed E-state index contributed by atoms with van der Waals surface area (Å²) in [7, 11) is 0. The second-order valence-electron chi connectivity index (χ2n) is 4.80. The van der Waals surface area contributed by atoms with Gasteiger partial charge in [-0.3, -0.25) is 4.79 Å². The summed E-state index contributed by atoms with van der Waals surface area (Å²) in [6.07, 6.45) is -1.93. The molecule has 1 amide bonds. The van der Waals surface area contributed by atoms with E-state index in [9.17, 15) is 13.6 Å². The number of halogens is 2. The van der Waals surface area contributed by atoms with Crippen molar-refractivity contribution in [2.45, 2.75) is 19.8 Å². The SMILES string of the molecule is Cc1ccc(NC(=O)c2csc(CCN)n2)cc1OCC(F)F. The number of amides is 1. The van der Waals surface area contributed by atoms with Gasteiger partial charge in [0.2, 0.25) is 0 Å². The van der Waals surface area contributed by atoms with Crippen molar-refractivity contribution < 1.29 is 18.3 Å². The summed E-state index contributed by atoms with van der Waals surface area (Å²) in [6.45, 7) is 1.52. The highest BCUT2D eigenvalue weighted by Crippen LogP contribution is 2.23. The van der Waals surface area contributed by atoms with E-state index in [-0.39, 0.29) is 5.91 Å². The minimum absolute atomic E-state index is 0.300. The molecule has 8 heteroatoms. The molecule has 0 saturated heterocycles. The molecule has 0 bridgehead atoms.